The molecule has 110 valence electrons. The van der Waals surface area contributed by atoms with E-state index in [9.17, 15) is 13.2 Å². The first-order valence-corrected chi connectivity index (χ1v) is 6.97. The van der Waals surface area contributed by atoms with Crippen LogP contribution in [0.1, 0.15) is 18.4 Å². The number of thiocarbonyl (C=S) groups is 1. The lowest BCUT2D eigenvalue weighted by atomic mass is 9.98. The van der Waals surface area contributed by atoms with Gasteiger partial charge in [-0.15, -0.1) is 0 Å². The van der Waals surface area contributed by atoms with E-state index in [4.69, 9.17) is 12.2 Å². The van der Waals surface area contributed by atoms with Gasteiger partial charge in [-0.05, 0) is 43.6 Å². The highest BCUT2D eigenvalue weighted by atomic mass is 32.1. The molecule has 2 nitrogen and oxygen atoms in total. The van der Waals surface area contributed by atoms with E-state index in [-0.39, 0.29) is 13.0 Å². The van der Waals surface area contributed by atoms with Crippen LogP contribution in [0.5, 0.6) is 0 Å². The van der Waals surface area contributed by atoms with Crippen molar-refractivity contribution >= 4 is 23.0 Å². The van der Waals surface area contributed by atoms with Crippen molar-refractivity contribution in [2.75, 3.05) is 18.4 Å². The van der Waals surface area contributed by atoms with E-state index < -0.39 is 12.1 Å². The van der Waals surface area contributed by atoms with Gasteiger partial charge in [0.25, 0.3) is 0 Å². The molecule has 1 unspecified atom stereocenters. The zero-order valence-corrected chi connectivity index (χ0v) is 12.0. The first-order valence-electron chi connectivity index (χ1n) is 6.56. The lowest BCUT2D eigenvalue weighted by molar-refractivity contribution is -0.183. The minimum absolute atomic E-state index is 0.0544. The van der Waals surface area contributed by atoms with Gasteiger partial charge in [0, 0.05) is 18.8 Å². The van der Waals surface area contributed by atoms with Crippen molar-refractivity contribution < 1.29 is 13.2 Å². The average Bonchev–Trinajstić information content (AvgIpc) is 2.40. The zero-order chi connectivity index (χ0) is 14.8. The zero-order valence-electron chi connectivity index (χ0n) is 11.2. The molecule has 1 atom stereocenters. The van der Waals surface area contributed by atoms with Crippen LogP contribution in [0.2, 0.25) is 0 Å². The van der Waals surface area contributed by atoms with Crippen LogP contribution in [0.4, 0.5) is 18.9 Å². The normalized spacial score (nSPS) is 19.8. The Bertz CT molecular complexity index is 488. The van der Waals surface area contributed by atoms with Gasteiger partial charge in [-0.2, -0.15) is 13.2 Å². The van der Waals surface area contributed by atoms with Crippen molar-refractivity contribution in [2.24, 2.45) is 5.92 Å². The fourth-order valence-electron chi connectivity index (χ4n) is 2.34. The number of hydrogen-bond acceptors (Lipinski definition) is 1. The molecule has 1 aliphatic rings. The van der Waals surface area contributed by atoms with Crippen LogP contribution in [-0.4, -0.2) is 29.3 Å². The highest BCUT2D eigenvalue weighted by molar-refractivity contribution is 7.80. The second-order valence-electron chi connectivity index (χ2n) is 5.07. The molecule has 0 radical (unpaired) electrons. The van der Waals surface area contributed by atoms with E-state index in [0.717, 1.165) is 11.3 Å². The van der Waals surface area contributed by atoms with Crippen molar-refractivity contribution in [3.05, 3.63) is 29.8 Å². The van der Waals surface area contributed by atoms with Gasteiger partial charge in [0.05, 0.1) is 5.92 Å². The molecule has 1 N–H and O–H groups in total. The van der Waals surface area contributed by atoms with Crippen molar-refractivity contribution in [1.82, 2.24) is 4.90 Å². The Morgan fingerprint density at radius 1 is 1.35 bits per heavy atom. The highest BCUT2D eigenvalue weighted by Gasteiger charge is 2.42. The second-order valence-corrected chi connectivity index (χ2v) is 5.46. The number of nitrogens with zero attached hydrogens (tertiary/aromatic N) is 1. The van der Waals surface area contributed by atoms with E-state index >= 15 is 0 Å². The molecule has 2 rings (SSSR count). The molecule has 1 heterocycles. The molecule has 0 aromatic heterocycles. The average molecular weight is 302 g/mol. The van der Waals surface area contributed by atoms with Crippen LogP contribution in [0, 0.1) is 12.8 Å². The summed E-state index contributed by atoms with van der Waals surface area (Å²) in [4.78, 5) is 1.61. The van der Waals surface area contributed by atoms with E-state index in [1.807, 2.05) is 31.2 Å². The quantitative estimate of drug-likeness (QED) is 0.790. The number of alkyl halides is 3. The summed E-state index contributed by atoms with van der Waals surface area (Å²) in [7, 11) is 0. The van der Waals surface area contributed by atoms with E-state index in [0.29, 0.717) is 18.1 Å². The SMILES string of the molecule is Cc1ccccc1NC(=S)N1CCCC(C(F)(F)F)C1. The standard InChI is InChI=1S/C14H17F3N2S/c1-10-5-2-3-7-12(10)18-13(20)19-8-4-6-11(9-19)14(15,16)17/h2-3,5,7,11H,4,6,8-9H2,1H3,(H,18,20). The molecule has 6 heteroatoms. The Hall–Kier alpha value is -1.30. The van der Waals surface area contributed by atoms with Crippen molar-refractivity contribution in [3.63, 3.8) is 0 Å². The van der Waals surface area contributed by atoms with Crippen LogP contribution in [0.25, 0.3) is 0 Å². The van der Waals surface area contributed by atoms with Crippen LogP contribution >= 0.6 is 12.2 Å². The largest absolute Gasteiger partial charge is 0.393 e. The molecule has 0 spiro atoms. The molecule has 1 fully saturated rings. The monoisotopic (exact) mass is 302 g/mol. The lowest BCUT2D eigenvalue weighted by Gasteiger charge is -2.35. The molecular formula is C14H17F3N2S. The van der Waals surface area contributed by atoms with E-state index in [2.05, 4.69) is 5.32 Å². The summed E-state index contributed by atoms with van der Waals surface area (Å²) in [6.07, 6.45) is -3.44. The predicted molar refractivity (Wildman–Crippen MR) is 77.8 cm³/mol. The fourth-order valence-corrected chi connectivity index (χ4v) is 2.61. The lowest BCUT2D eigenvalue weighted by Crippen LogP contribution is -2.46. The third-order valence-electron chi connectivity index (χ3n) is 3.56. The minimum atomic E-state index is -4.14. The fraction of sp³-hybridized carbons (Fsp3) is 0.500. The first-order chi connectivity index (χ1) is 9.38. The number of likely N-dealkylation sites (tertiary alicyclic amines) is 1. The summed E-state index contributed by atoms with van der Waals surface area (Å²) >= 11 is 5.24. The summed E-state index contributed by atoms with van der Waals surface area (Å²) in [5, 5.41) is 3.41. The third kappa shape index (κ3) is 3.62. The van der Waals surface area contributed by atoms with Gasteiger partial charge in [0.15, 0.2) is 5.11 Å². The summed E-state index contributed by atoms with van der Waals surface area (Å²) in [6.45, 7) is 2.45. The summed E-state index contributed by atoms with van der Waals surface area (Å²) in [5.74, 6) is -1.28. The van der Waals surface area contributed by atoms with Crippen LogP contribution in [-0.2, 0) is 0 Å². The number of halogens is 3. The number of aryl methyl sites for hydroxylation is 1. The van der Waals surface area contributed by atoms with Crippen molar-refractivity contribution in [2.45, 2.75) is 25.9 Å². The van der Waals surface area contributed by atoms with Gasteiger partial charge < -0.3 is 10.2 Å². The van der Waals surface area contributed by atoms with Gasteiger partial charge >= 0.3 is 6.18 Å². The number of rotatable bonds is 1. The maximum absolute atomic E-state index is 12.8. The molecule has 0 saturated carbocycles. The van der Waals surface area contributed by atoms with E-state index in [1.165, 1.54) is 0 Å². The third-order valence-corrected chi connectivity index (χ3v) is 3.92. The molecule has 1 aliphatic heterocycles. The van der Waals surface area contributed by atoms with Gasteiger partial charge in [-0.1, -0.05) is 18.2 Å². The van der Waals surface area contributed by atoms with Gasteiger partial charge in [-0.25, -0.2) is 0 Å². The second kappa shape index (κ2) is 5.99. The molecule has 20 heavy (non-hydrogen) atoms. The summed E-state index contributed by atoms with van der Waals surface area (Å²) < 4.78 is 38.3. The molecule has 0 bridgehead atoms. The Morgan fingerprint density at radius 3 is 2.70 bits per heavy atom. The maximum atomic E-state index is 12.8. The molecule has 0 aliphatic carbocycles. The number of para-hydroxylation sites is 1. The van der Waals surface area contributed by atoms with E-state index in [1.54, 1.807) is 4.90 Å². The Balaban J connectivity index is 2.01. The molecule has 1 aromatic carbocycles. The number of nitrogens with one attached hydrogen (secondary N) is 1. The summed E-state index contributed by atoms with van der Waals surface area (Å²) in [6, 6.07) is 7.57. The van der Waals surface area contributed by atoms with Gasteiger partial charge in [0.2, 0.25) is 0 Å². The van der Waals surface area contributed by atoms with Crippen molar-refractivity contribution in [3.8, 4) is 0 Å². The number of hydrogen-bond donors (Lipinski definition) is 1. The molecule has 0 amide bonds. The molecular weight excluding hydrogens is 285 g/mol. The number of benzene rings is 1. The number of piperidine rings is 1. The minimum Gasteiger partial charge on any atom is -0.348 e. The van der Waals surface area contributed by atoms with Crippen LogP contribution in [0.15, 0.2) is 24.3 Å². The molecule has 1 saturated heterocycles. The number of anilines is 1. The Kier molecular flexibility index (Phi) is 4.52. The summed E-state index contributed by atoms with van der Waals surface area (Å²) in [5.41, 5.74) is 1.85. The predicted octanol–water partition coefficient (Wildman–Crippen LogP) is 3.97. The highest BCUT2D eigenvalue weighted by Crippen LogP contribution is 2.33. The Morgan fingerprint density at radius 2 is 2.05 bits per heavy atom. The Labute approximate surface area is 122 Å². The maximum Gasteiger partial charge on any atom is 0.393 e. The van der Waals surface area contributed by atoms with Gasteiger partial charge in [-0.3, -0.25) is 0 Å². The topological polar surface area (TPSA) is 15.3 Å². The van der Waals surface area contributed by atoms with Crippen molar-refractivity contribution in [1.29, 1.82) is 0 Å². The van der Waals surface area contributed by atoms with Crippen LogP contribution < -0.4 is 5.32 Å². The van der Waals surface area contributed by atoms with Crippen LogP contribution in [0.3, 0.4) is 0 Å². The molecule has 1 aromatic rings. The first kappa shape index (κ1) is 15.1. The van der Waals surface area contributed by atoms with Gasteiger partial charge in [0.1, 0.15) is 0 Å². The smallest absolute Gasteiger partial charge is 0.348 e.